The fraction of sp³-hybridized carbons (Fsp3) is 0.316. The summed E-state index contributed by atoms with van der Waals surface area (Å²) in [5.41, 5.74) is 2.32. The molecule has 1 fully saturated rings. The average molecular weight is 336 g/mol. The van der Waals surface area contributed by atoms with Crippen LogP contribution in [0, 0.1) is 5.92 Å². The van der Waals surface area contributed by atoms with Gasteiger partial charge in [-0.1, -0.05) is 18.2 Å². The SMILES string of the molecule is COc1nccnc1N[C@H]1COC[C@H]1Cc1ccnc2ccccc12. The van der Waals surface area contributed by atoms with E-state index in [4.69, 9.17) is 9.47 Å². The van der Waals surface area contributed by atoms with E-state index in [0.717, 1.165) is 18.5 Å². The van der Waals surface area contributed by atoms with Crippen LogP contribution in [-0.4, -0.2) is 41.3 Å². The Labute approximate surface area is 146 Å². The highest BCUT2D eigenvalue weighted by atomic mass is 16.5. The molecule has 0 spiro atoms. The number of pyridine rings is 1. The molecular weight excluding hydrogens is 316 g/mol. The van der Waals surface area contributed by atoms with Crippen molar-refractivity contribution in [2.45, 2.75) is 12.5 Å². The summed E-state index contributed by atoms with van der Waals surface area (Å²) in [5.74, 6) is 1.50. The summed E-state index contributed by atoms with van der Waals surface area (Å²) in [6, 6.07) is 10.5. The number of aromatic nitrogens is 3. The van der Waals surface area contributed by atoms with E-state index < -0.39 is 0 Å². The first kappa shape index (κ1) is 15.8. The molecule has 0 aliphatic carbocycles. The summed E-state index contributed by atoms with van der Waals surface area (Å²) in [5, 5.41) is 4.64. The lowest BCUT2D eigenvalue weighted by Gasteiger charge is -2.20. The van der Waals surface area contributed by atoms with E-state index in [1.54, 1.807) is 19.5 Å². The Bertz CT molecular complexity index is 865. The summed E-state index contributed by atoms with van der Waals surface area (Å²) < 4.78 is 11.0. The monoisotopic (exact) mass is 336 g/mol. The zero-order valence-corrected chi connectivity index (χ0v) is 14.1. The molecule has 1 aromatic carbocycles. The van der Waals surface area contributed by atoms with Gasteiger partial charge in [0.05, 0.1) is 31.9 Å². The Morgan fingerprint density at radius 1 is 1.08 bits per heavy atom. The number of anilines is 1. The fourth-order valence-electron chi connectivity index (χ4n) is 3.32. The second-order valence-electron chi connectivity index (χ2n) is 6.15. The Morgan fingerprint density at radius 3 is 2.88 bits per heavy atom. The van der Waals surface area contributed by atoms with Crippen molar-refractivity contribution < 1.29 is 9.47 Å². The maximum atomic E-state index is 5.73. The zero-order chi connectivity index (χ0) is 17.1. The molecule has 6 heteroatoms. The number of nitrogens with zero attached hydrogens (tertiary/aromatic N) is 3. The van der Waals surface area contributed by atoms with Crippen LogP contribution >= 0.6 is 0 Å². The Morgan fingerprint density at radius 2 is 1.96 bits per heavy atom. The number of benzene rings is 1. The highest BCUT2D eigenvalue weighted by Gasteiger charge is 2.30. The van der Waals surface area contributed by atoms with Crippen LogP contribution in [0.2, 0.25) is 0 Å². The van der Waals surface area contributed by atoms with Crippen LogP contribution in [0.25, 0.3) is 10.9 Å². The molecule has 0 unspecified atom stereocenters. The molecule has 0 radical (unpaired) electrons. The standard InChI is InChI=1S/C19H20N4O2/c1-24-19-18(21-8-9-22-19)23-17-12-25-11-14(17)10-13-6-7-20-16-5-3-2-4-15(13)16/h2-9,14,17H,10-12H2,1H3,(H,21,23)/t14-,17+/m1/s1. The summed E-state index contributed by atoms with van der Waals surface area (Å²) >= 11 is 0. The number of ether oxygens (including phenoxy) is 2. The van der Waals surface area contributed by atoms with Crippen molar-refractivity contribution >= 4 is 16.7 Å². The first-order valence-corrected chi connectivity index (χ1v) is 8.37. The first-order chi connectivity index (χ1) is 12.3. The minimum absolute atomic E-state index is 0.164. The van der Waals surface area contributed by atoms with Gasteiger partial charge in [-0.3, -0.25) is 4.98 Å². The molecule has 1 aliphatic rings. The predicted molar refractivity (Wildman–Crippen MR) is 95.8 cm³/mol. The molecule has 4 rings (SSSR count). The van der Waals surface area contributed by atoms with Crippen molar-refractivity contribution in [2.75, 3.05) is 25.6 Å². The van der Waals surface area contributed by atoms with Gasteiger partial charge in [-0.25, -0.2) is 9.97 Å². The van der Waals surface area contributed by atoms with Crippen LogP contribution in [0.15, 0.2) is 48.9 Å². The number of hydrogen-bond acceptors (Lipinski definition) is 6. The van der Waals surface area contributed by atoms with Crippen LogP contribution < -0.4 is 10.1 Å². The Kier molecular flexibility index (Phi) is 4.43. The molecule has 3 heterocycles. The third-order valence-electron chi connectivity index (χ3n) is 4.60. The van der Waals surface area contributed by atoms with Crippen molar-refractivity contribution in [3.05, 3.63) is 54.5 Å². The van der Waals surface area contributed by atoms with Gasteiger partial charge < -0.3 is 14.8 Å². The van der Waals surface area contributed by atoms with Crippen molar-refractivity contribution in [2.24, 2.45) is 5.92 Å². The maximum Gasteiger partial charge on any atom is 0.257 e. The molecule has 25 heavy (non-hydrogen) atoms. The lowest BCUT2D eigenvalue weighted by Crippen LogP contribution is -2.30. The lowest BCUT2D eigenvalue weighted by molar-refractivity contribution is 0.185. The lowest BCUT2D eigenvalue weighted by atomic mass is 9.93. The molecule has 1 N–H and O–H groups in total. The third-order valence-corrected chi connectivity index (χ3v) is 4.60. The van der Waals surface area contributed by atoms with Gasteiger partial charge in [0, 0.05) is 29.9 Å². The highest BCUT2D eigenvalue weighted by Crippen LogP contribution is 2.27. The minimum atomic E-state index is 0.164. The van der Waals surface area contributed by atoms with Crippen LogP contribution in [0.4, 0.5) is 5.82 Å². The third kappa shape index (κ3) is 3.25. The topological polar surface area (TPSA) is 69.2 Å². The van der Waals surface area contributed by atoms with Gasteiger partial charge in [-0.15, -0.1) is 0 Å². The second kappa shape index (κ2) is 7.03. The number of fused-ring (bicyclic) bond motifs is 1. The van der Waals surface area contributed by atoms with Gasteiger partial charge in [0.2, 0.25) is 0 Å². The number of rotatable bonds is 5. The molecule has 128 valence electrons. The molecule has 0 amide bonds. The van der Waals surface area contributed by atoms with Gasteiger partial charge in [-0.05, 0) is 24.1 Å². The van der Waals surface area contributed by atoms with Crippen molar-refractivity contribution in [3.8, 4) is 5.88 Å². The maximum absolute atomic E-state index is 5.73. The average Bonchev–Trinajstić information content (AvgIpc) is 3.09. The molecular formula is C19H20N4O2. The van der Waals surface area contributed by atoms with Gasteiger partial charge in [0.1, 0.15) is 0 Å². The van der Waals surface area contributed by atoms with E-state index in [1.165, 1.54) is 10.9 Å². The fourth-order valence-corrected chi connectivity index (χ4v) is 3.32. The summed E-state index contributed by atoms with van der Waals surface area (Å²) in [6.07, 6.45) is 6.08. The quantitative estimate of drug-likeness (QED) is 0.772. The predicted octanol–water partition coefficient (Wildman–Crippen LogP) is 2.70. The van der Waals surface area contributed by atoms with E-state index in [1.807, 2.05) is 18.3 Å². The highest BCUT2D eigenvalue weighted by molar-refractivity contribution is 5.81. The Balaban J connectivity index is 1.55. The smallest absolute Gasteiger partial charge is 0.257 e. The molecule has 6 nitrogen and oxygen atoms in total. The van der Waals surface area contributed by atoms with Gasteiger partial charge in [-0.2, -0.15) is 0 Å². The molecule has 2 aromatic heterocycles. The van der Waals surface area contributed by atoms with Gasteiger partial charge in [0.15, 0.2) is 5.82 Å². The van der Waals surface area contributed by atoms with Crippen molar-refractivity contribution in [3.63, 3.8) is 0 Å². The van der Waals surface area contributed by atoms with Gasteiger partial charge in [0.25, 0.3) is 5.88 Å². The molecule has 1 saturated heterocycles. The van der Waals surface area contributed by atoms with E-state index in [0.29, 0.717) is 24.2 Å². The number of nitrogens with one attached hydrogen (secondary N) is 1. The molecule has 0 saturated carbocycles. The van der Waals surface area contributed by atoms with Crippen LogP contribution in [0.1, 0.15) is 5.56 Å². The van der Waals surface area contributed by atoms with Crippen LogP contribution in [-0.2, 0) is 11.2 Å². The normalized spacial score (nSPS) is 19.9. The zero-order valence-electron chi connectivity index (χ0n) is 14.1. The number of para-hydroxylation sites is 1. The summed E-state index contributed by atoms with van der Waals surface area (Å²) in [4.78, 5) is 13.0. The number of hydrogen-bond donors (Lipinski definition) is 1. The molecule has 2 atom stereocenters. The largest absolute Gasteiger partial charge is 0.478 e. The van der Waals surface area contributed by atoms with Crippen LogP contribution in [0.5, 0.6) is 5.88 Å². The molecule has 1 aliphatic heterocycles. The second-order valence-corrected chi connectivity index (χ2v) is 6.15. The molecule has 3 aromatic rings. The van der Waals surface area contributed by atoms with Crippen molar-refractivity contribution in [1.82, 2.24) is 15.0 Å². The minimum Gasteiger partial charge on any atom is -0.478 e. The van der Waals surface area contributed by atoms with E-state index >= 15 is 0 Å². The van der Waals surface area contributed by atoms with E-state index in [2.05, 4.69) is 38.5 Å². The first-order valence-electron chi connectivity index (χ1n) is 8.37. The Hall–Kier alpha value is -2.73. The van der Waals surface area contributed by atoms with Crippen LogP contribution in [0.3, 0.4) is 0 Å². The molecule has 0 bridgehead atoms. The van der Waals surface area contributed by atoms with Gasteiger partial charge >= 0.3 is 0 Å². The summed E-state index contributed by atoms with van der Waals surface area (Å²) in [6.45, 7) is 1.37. The summed E-state index contributed by atoms with van der Waals surface area (Å²) in [7, 11) is 1.60. The van der Waals surface area contributed by atoms with E-state index in [-0.39, 0.29) is 6.04 Å². The number of methoxy groups -OCH3 is 1. The van der Waals surface area contributed by atoms with E-state index in [9.17, 15) is 0 Å². The van der Waals surface area contributed by atoms with Crippen molar-refractivity contribution in [1.29, 1.82) is 0 Å².